The van der Waals surface area contributed by atoms with Crippen molar-refractivity contribution in [2.24, 2.45) is 0 Å². The largest absolute Gasteiger partial charge is 0.381 e. The molecule has 3 nitrogen and oxygen atoms in total. The lowest BCUT2D eigenvalue weighted by molar-refractivity contribution is 0.612. The zero-order chi connectivity index (χ0) is 13.9. The van der Waals surface area contributed by atoms with Crippen molar-refractivity contribution in [2.75, 3.05) is 5.32 Å². The standard InChI is InChI=1S/C15H11BrFN3/c16-11-2-1-10(13(17)7-11)9-20-12-3-4-14-15(8-12)19-6-5-18-14/h1-8,20H,9H2. The van der Waals surface area contributed by atoms with Gasteiger partial charge in [-0.25, -0.2) is 4.39 Å². The van der Waals surface area contributed by atoms with E-state index in [-0.39, 0.29) is 5.82 Å². The number of nitrogens with one attached hydrogen (secondary N) is 1. The molecule has 1 heterocycles. The van der Waals surface area contributed by atoms with Crippen LogP contribution in [0.15, 0.2) is 53.3 Å². The molecule has 0 fully saturated rings. The van der Waals surface area contributed by atoms with Gasteiger partial charge in [-0.15, -0.1) is 0 Å². The van der Waals surface area contributed by atoms with Gasteiger partial charge >= 0.3 is 0 Å². The molecular formula is C15H11BrFN3. The summed E-state index contributed by atoms with van der Waals surface area (Å²) < 4.78 is 14.4. The molecule has 0 saturated heterocycles. The highest BCUT2D eigenvalue weighted by Crippen LogP contribution is 2.18. The molecular weight excluding hydrogens is 321 g/mol. The van der Waals surface area contributed by atoms with E-state index < -0.39 is 0 Å². The van der Waals surface area contributed by atoms with Crippen LogP contribution >= 0.6 is 15.9 Å². The highest BCUT2D eigenvalue weighted by molar-refractivity contribution is 9.10. The number of aromatic nitrogens is 2. The maximum absolute atomic E-state index is 13.7. The highest BCUT2D eigenvalue weighted by atomic mass is 79.9. The molecule has 0 aliphatic heterocycles. The van der Waals surface area contributed by atoms with Crippen molar-refractivity contribution in [2.45, 2.75) is 6.54 Å². The maximum Gasteiger partial charge on any atom is 0.129 e. The molecule has 20 heavy (non-hydrogen) atoms. The molecule has 0 radical (unpaired) electrons. The van der Waals surface area contributed by atoms with Crippen LogP contribution in [0.4, 0.5) is 10.1 Å². The summed E-state index contributed by atoms with van der Waals surface area (Å²) in [6, 6.07) is 10.7. The molecule has 2 aromatic carbocycles. The van der Waals surface area contributed by atoms with Crippen molar-refractivity contribution >= 4 is 32.7 Å². The first-order valence-corrected chi connectivity index (χ1v) is 6.90. The fourth-order valence-electron chi connectivity index (χ4n) is 1.94. The molecule has 0 spiro atoms. The number of fused-ring (bicyclic) bond motifs is 1. The first-order chi connectivity index (χ1) is 9.72. The van der Waals surface area contributed by atoms with Crippen molar-refractivity contribution in [3.63, 3.8) is 0 Å². The second-order valence-electron chi connectivity index (χ2n) is 4.35. The van der Waals surface area contributed by atoms with E-state index in [1.807, 2.05) is 24.3 Å². The van der Waals surface area contributed by atoms with Crippen LogP contribution in [-0.2, 0) is 6.54 Å². The van der Waals surface area contributed by atoms with Gasteiger partial charge in [0.1, 0.15) is 5.82 Å². The molecule has 100 valence electrons. The molecule has 0 saturated carbocycles. The molecule has 5 heteroatoms. The quantitative estimate of drug-likeness (QED) is 0.783. The minimum atomic E-state index is -0.229. The van der Waals surface area contributed by atoms with Gasteiger partial charge in [-0.05, 0) is 30.3 Å². The fraction of sp³-hybridized carbons (Fsp3) is 0.0667. The smallest absolute Gasteiger partial charge is 0.129 e. The molecule has 1 aromatic heterocycles. The molecule has 0 aliphatic rings. The van der Waals surface area contributed by atoms with Crippen LogP contribution in [0, 0.1) is 5.82 Å². The summed E-state index contributed by atoms with van der Waals surface area (Å²) in [5.41, 5.74) is 3.16. The van der Waals surface area contributed by atoms with E-state index in [1.54, 1.807) is 18.5 Å². The average Bonchev–Trinajstić information content (AvgIpc) is 2.46. The summed E-state index contributed by atoms with van der Waals surface area (Å²) >= 11 is 3.24. The van der Waals surface area contributed by atoms with Crippen LogP contribution < -0.4 is 5.32 Å². The van der Waals surface area contributed by atoms with E-state index in [9.17, 15) is 4.39 Å². The van der Waals surface area contributed by atoms with Gasteiger partial charge in [0.05, 0.1) is 11.0 Å². The second-order valence-corrected chi connectivity index (χ2v) is 5.26. The Bertz CT molecular complexity index is 761. The molecule has 0 bridgehead atoms. The van der Waals surface area contributed by atoms with E-state index >= 15 is 0 Å². The number of anilines is 1. The van der Waals surface area contributed by atoms with Gasteiger partial charge in [0, 0.05) is 34.7 Å². The van der Waals surface area contributed by atoms with Crippen molar-refractivity contribution in [1.82, 2.24) is 9.97 Å². The topological polar surface area (TPSA) is 37.8 Å². The lowest BCUT2D eigenvalue weighted by Crippen LogP contribution is -2.01. The van der Waals surface area contributed by atoms with Gasteiger partial charge in [0.2, 0.25) is 0 Å². The third-order valence-electron chi connectivity index (χ3n) is 2.97. The first kappa shape index (κ1) is 13.0. The van der Waals surface area contributed by atoms with Gasteiger partial charge in [0.15, 0.2) is 0 Å². The molecule has 3 rings (SSSR count). The molecule has 1 N–H and O–H groups in total. The summed E-state index contributed by atoms with van der Waals surface area (Å²) in [6.45, 7) is 0.422. The zero-order valence-electron chi connectivity index (χ0n) is 10.5. The van der Waals surface area contributed by atoms with Crippen LogP contribution in [0.5, 0.6) is 0 Å². The lowest BCUT2D eigenvalue weighted by atomic mass is 10.2. The van der Waals surface area contributed by atoms with E-state index in [0.29, 0.717) is 12.1 Å². The number of rotatable bonds is 3. The summed E-state index contributed by atoms with van der Waals surface area (Å²) in [7, 11) is 0. The average molecular weight is 332 g/mol. The van der Waals surface area contributed by atoms with E-state index in [4.69, 9.17) is 0 Å². The SMILES string of the molecule is Fc1cc(Br)ccc1CNc1ccc2nccnc2c1. The van der Waals surface area contributed by atoms with Crippen LogP contribution in [0.2, 0.25) is 0 Å². The Labute approximate surface area is 124 Å². The van der Waals surface area contributed by atoms with Gasteiger partial charge in [-0.2, -0.15) is 0 Å². The Morgan fingerprint density at radius 2 is 1.80 bits per heavy atom. The molecule has 0 amide bonds. The molecule has 0 unspecified atom stereocenters. The third kappa shape index (κ3) is 2.77. The highest BCUT2D eigenvalue weighted by Gasteiger charge is 2.03. The van der Waals surface area contributed by atoms with Gasteiger partial charge in [-0.1, -0.05) is 22.0 Å². The van der Waals surface area contributed by atoms with E-state index in [0.717, 1.165) is 21.2 Å². The summed E-state index contributed by atoms with van der Waals surface area (Å²) in [6.07, 6.45) is 3.31. The second kappa shape index (κ2) is 5.54. The summed E-state index contributed by atoms with van der Waals surface area (Å²) in [4.78, 5) is 8.45. The number of hydrogen-bond acceptors (Lipinski definition) is 3. The molecule has 3 aromatic rings. The minimum Gasteiger partial charge on any atom is -0.381 e. The molecule has 0 atom stereocenters. The summed E-state index contributed by atoms with van der Waals surface area (Å²) in [5.74, 6) is -0.229. The third-order valence-corrected chi connectivity index (χ3v) is 3.46. The Morgan fingerprint density at radius 3 is 2.60 bits per heavy atom. The zero-order valence-corrected chi connectivity index (χ0v) is 12.1. The number of hydrogen-bond donors (Lipinski definition) is 1. The van der Waals surface area contributed by atoms with Crippen molar-refractivity contribution in [1.29, 1.82) is 0 Å². The van der Waals surface area contributed by atoms with Crippen molar-refractivity contribution in [3.05, 3.63) is 64.6 Å². The van der Waals surface area contributed by atoms with Crippen LogP contribution in [-0.4, -0.2) is 9.97 Å². The fourth-order valence-corrected chi connectivity index (χ4v) is 2.27. The van der Waals surface area contributed by atoms with E-state index in [2.05, 4.69) is 31.2 Å². The van der Waals surface area contributed by atoms with Gasteiger partial charge < -0.3 is 5.32 Å². The lowest BCUT2D eigenvalue weighted by Gasteiger charge is -2.08. The first-order valence-electron chi connectivity index (χ1n) is 6.11. The van der Waals surface area contributed by atoms with Crippen LogP contribution in [0.25, 0.3) is 11.0 Å². The Kier molecular flexibility index (Phi) is 3.60. The Morgan fingerprint density at radius 1 is 1.00 bits per heavy atom. The maximum atomic E-state index is 13.7. The van der Waals surface area contributed by atoms with Crippen LogP contribution in [0.1, 0.15) is 5.56 Å². The minimum absolute atomic E-state index is 0.229. The normalized spacial score (nSPS) is 10.7. The Hall–Kier alpha value is -2.01. The van der Waals surface area contributed by atoms with Crippen LogP contribution in [0.3, 0.4) is 0 Å². The predicted molar refractivity (Wildman–Crippen MR) is 81.0 cm³/mol. The number of halogens is 2. The van der Waals surface area contributed by atoms with Crippen molar-refractivity contribution < 1.29 is 4.39 Å². The molecule has 0 aliphatic carbocycles. The van der Waals surface area contributed by atoms with Crippen molar-refractivity contribution in [3.8, 4) is 0 Å². The monoisotopic (exact) mass is 331 g/mol. The predicted octanol–water partition coefficient (Wildman–Crippen LogP) is 4.14. The van der Waals surface area contributed by atoms with E-state index in [1.165, 1.54) is 6.07 Å². The summed E-state index contributed by atoms with van der Waals surface area (Å²) in [5, 5.41) is 3.19. The van der Waals surface area contributed by atoms with Gasteiger partial charge in [0.25, 0.3) is 0 Å². The Balaban J connectivity index is 1.79. The number of nitrogens with zero attached hydrogens (tertiary/aromatic N) is 2. The number of benzene rings is 2. The van der Waals surface area contributed by atoms with Gasteiger partial charge in [-0.3, -0.25) is 9.97 Å².